The summed E-state index contributed by atoms with van der Waals surface area (Å²) in [5.41, 5.74) is -0.513. The van der Waals surface area contributed by atoms with Gasteiger partial charge in [0.25, 0.3) is 0 Å². The zero-order chi connectivity index (χ0) is 15.3. The molecule has 0 aromatic heterocycles. The third-order valence-corrected chi connectivity index (χ3v) is 2.37. The van der Waals surface area contributed by atoms with Crippen molar-refractivity contribution in [3.8, 4) is 0 Å². The number of ether oxygens (including phenoxy) is 1. The van der Waals surface area contributed by atoms with Crippen LogP contribution in [0.3, 0.4) is 0 Å². The van der Waals surface area contributed by atoms with Crippen LogP contribution in [0.25, 0.3) is 0 Å². The van der Waals surface area contributed by atoms with E-state index in [1.807, 2.05) is 0 Å². The van der Waals surface area contributed by atoms with Crippen molar-refractivity contribution < 1.29 is 23.8 Å². The molecule has 0 radical (unpaired) electrons. The summed E-state index contributed by atoms with van der Waals surface area (Å²) < 4.78 is 18.5. The Labute approximate surface area is 116 Å². The first-order chi connectivity index (χ1) is 9.19. The lowest BCUT2D eigenvalue weighted by Crippen LogP contribution is -2.44. The molecular weight excluding hydrogens is 265 g/mol. The molecule has 1 atom stereocenters. The van der Waals surface area contributed by atoms with Crippen molar-refractivity contribution >= 4 is 12.1 Å². The molecular formula is C14H18FNO4. The summed E-state index contributed by atoms with van der Waals surface area (Å²) in [6.45, 7) is 5.00. The van der Waals surface area contributed by atoms with Crippen LogP contribution in [-0.2, 0) is 16.0 Å². The number of carbonyl (C=O) groups is 2. The lowest BCUT2D eigenvalue weighted by atomic mass is 10.1. The first-order valence-corrected chi connectivity index (χ1v) is 6.15. The average molecular weight is 283 g/mol. The normalized spacial score (nSPS) is 12.6. The molecule has 0 heterocycles. The van der Waals surface area contributed by atoms with Gasteiger partial charge in [0.1, 0.15) is 17.5 Å². The maximum atomic E-state index is 13.5. The fraction of sp³-hybridized carbons (Fsp3) is 0.429. The van der Waals surface area contributed by atoms with Gasteiger partial charge in [0.05, 0.1) is 0 Å². The Morgan fingerprint density at radius 1 is 1.35 bits per heavy atom. The van der Waals surface area contributed by atoms with Crippen LogP contribution in [0.1, 0.15) is 26.3 Å². The number of aliphatic carboxylic acids is 1. The molecule has 110 valence electrons. The molecule has 0 aliphatic rings. The first-order valence-electron chi connectivity index (χ1n) is 6.15. The third-order valence-electron chi connectivity index (χ3n) is 2.37. The van der Waals surface area contributed by atoms with Crippen LogP contribution in [0.15, 0.2) is 24.3 Å². The van der Waals surface area contributed by atoms with Gasteiger partial charge in [-0.3, -0.25) is 0 Å². The van der Waals surface area contributed by atoms with Crippen molar-refractivity contribution in [3.63, 3.8) is 0 Å². The summed E-state index contributed by atoms with van der Waals surface area (Å²) in [7, 11) is 0. The minimum Gasteiger partial charge on any atom is -0.480 e. The molecule has 0 saturated carbocycles. The van der Waals surface area contributed by atoms with Gasteiger partial charge in [0.15, 0.2) is 0 Å². The molecule has 2 N–H and O–H groups in total. The fourth-order valence-corrected chi connectivity index (χ4v) is 1.53. The van der Waals surface area contributed by atoms with E-state index in [1.165, 1.54) is 18.2 Å². The summed E-state index contributed by atoms with van der Waals surface area (Å²) in [4.78, 5) is 22.7. The third kappa shape index (κ3) is 5.26. The summed E-state index contributed by atoms with van der Waals surface area (Å²) in [5.74, 6) is -1.76. The Bertz CT molecular complexity index is 496. The lowest BCUT2D eigenvalue weighted by molar-refractivity contribution is -0.139. The number of rotatable bonds is 4. The van der Waals surface area contributed by atoms with E-state index < -0.39 is 29.5 Å². The number of carboxylic acids is 1. The molecule has 0 saturated heterocycles. The summed E-state index contributed by atoms with van der Waals surface area (Å²) in [6.07, 6.45) is -0.998. The van der Waals surface area contributed by atoms with Gasteiger partial charge >= 0.3 is 12.1 Å². The van der Waals surface area contributed by atoms with Crippen molar-refractivity contribution in [2.24, 2.45) is 0 Å². The topological polar surface area (TPSA) is 75.6 Å². The maximum absolute atomic E-state index is 13.5. The molecule has 0 aliphatic carbocycles. The smallest absolute Gasteiger partial charge is 0.408 e. The molecule has 1 unspecified atom stereocenters. The van der Waals surface area contributed by atoms with Crippen molar-refractivity contribution in [1.29, 1.82) is 0 Å². The van der Waals surface area contributed by atoms with Gasteiger partial charge in [-0.15, -0.1) is 0 Å². The van der Waals surface area contributed by atoms with Crippen LogP contribution in [0, 0.1) is 5.82 Å². The van der Waals surface area contributed by atoms with Gasteiger partial charge < -0.3 is 15.2 Å². The number of alkyl carbamates (subject to hydrolysis) is 1. The largest absolute Gasteiger partial charge is 0.480 e. The molecule has 1 amide bonds. The summed E-state index contributed by atoms with van der Waals surface area (Å²) >= 11 is 0. The molecule has 0 aliphatic heterocycles. The Balaban J connectivity index is 2.74. The van der Waals surface area contributed by atoms with Crippen LogP contribution >= 0.6 is 0 Å². The van der Waals surface area contributed by atoms with E-state index in [-0.39, 0.29) is 12.0 Å². The van der Waals surface area contributed by atoms with Gasteiger partial charge in [0, 0.05) is 6.42 Å². The van der Waals surface area contributed by atoms with E-state index in [0.29, 0.717) is 0 Å². The first kappa shape index (κ1) is 15.9. The van der Waals surface area contributed by atoms with Gasteiger partial charge in [-0.05, 0) is 32.4 Å². The zero-order valence-electron chi connectivity index (χ0n) is 11.6. The number of amides is 1. The van der Waals surface area contributed by atoms with Crippen molar-refractivity contribution in [3.05, 3.63) is 35.6 Å². The van der Waals surface area contributed by atoms with E-state index in [9.17, 15) is 14.0 Å². The van der Waals surface area contributed by atoms with E-state index in [1.54, 1.807) is 26.8 Å². The average Bonchev–Trinajstić information content (AvgIpc) is 2.28. The molecule has 0 fully saturated rings. The number of carboxylic acid groups (broad SMARTS) is 1. The highest BCUT2D eigenvalue weighted by Crippen LogP contribution is 2.11. The van der Waals surface area contributed by atoms with Gasteiger partial charge in [0.2, 0.25) is 0 Å². The molecule has 6 heteroatoms. The van der Waals surface area contributed by atoms with Crippen LogP contribution in [0.2, 0.25) is 0 Å². The van der Waals surface area contributed by atoms with Crippen LogP contribution in [0.4, 0.5) is 9.18 Å². The quantitative estimate of drug-likeness (QED) is 0.889. The van der Waals surface area contributed by atoms with E-state index in [2.05, 4.69) is 5.32 Å². The fourth-order valence-electron chi connectivity index (χ4n) is 1.53. The molecule has 1 rings (SSSR count). The molecule has 1 aromatic carbocycles. The van der Waals surface area contributed by atoms with E-state index >= 15 is 0 Å². The van der Waals surface area contributed by atoms with Crippen molar-refractivity contribution in [1.82, 2.24) is 5.32 Å². The second-order valence-corrected chi connectivity index (χ2v) is 5.33. The second-order valence-electron chi connectivity index (χ2n) is 5.33. The van der Waals surface area contributed by atoms with E-state index in [0.717, 1.165) is 0 Å². The number of hydrogen-bond donors (Lipinski definition) is 2. The number of benzene rings is 1. The monoisotopic (exact) mass is 283 g/mol. The highest BCUT2D eigenvalue weighted by atomic mass is 19.1. The molecule has 20 heavy (non-hydrogen) atoms. The second kappa shape index (κ2) is 6.36. The minimum absolute atomic E-state index is 0.152. The standard InChI is InChI=1S/C14H18FNO4/c1-14(2,3)20-13(19)16-11(12(17)18)8-9-6-4-5-7-10(9)15/h4-7,11H,8H2,1-3H3,(H,16,19)(H,17,18). The SMILES string of the molecule is CC(C)(C)OC(=O)NC(Cc1ccccc1F)C(=O)O. The molecule has 0 spiro atoms. The van der Waals surface area contributed by atoms with Crippen molar-refractivity contribution in [2.75, 3.05) is 0 Å². The predicted molar refractivity (Wildman–Crippen MR) is 70.9 cm³/mol. The van der Waals surface area contributed by atoms with Crippen molar-refractivity contribution in [2.45, 2.75) is 38.8 Å². The lowest BCUT2D eigenvalue weighted by Gasteiger charge is -2.22. The number of nitrogens with one attached hydrogen (secondary N) is 1. The Morgan fingerprint density at radius 3 is 2.45 bits per heavy atom. The Hall–Kier alpha value is -2.11. The number of hydrogen-bond acceptors (Lipinski definition) is 3. The predicted octanol–water partition coefficient (Wildman–Crippen LogP) is 2.35. The highest BCUT2D eigenvalue weighted by Gasteiger charge is 2.24. The molecule has 1 aromatic rings. The Kier molecular flexibility index (Phi) is 5.07. The molecule has 5 nitrogen and oxygen atoms in total. The molecule has 0 bridgehead atoms. The minimum atomic E-state index is -1.25. The van der Waals surface area contributed by atoms with Gasteiger partial charge in [-0.25, -0.2) is 14.0 Å². The number of halogens is 1. The maximum Gasteiger partial charge on any atom is 0.408 e. The van der Waals surface area contributed by atoms with Gasteiger partial charge in [-0.2, -0.15) is 0 Å². The van der Waals surface area contributed by atoms with Crippen LogP contribution in [0.5, 0.6) is 0 Å². The van der Waals surface area contributed by atoms with Crippen LogP contribution < -0.4 is 5.32 Å². The summed E-state index contributed by atoms with van der Waals surface area (Å²) in [6, 6.07) is 4.58. The van der Waals surface area contributed by atoms with Gasteiger partial charge in [-0.1, -0.05) is 18.2 Å². The van der Waals surface area contributed by atoms with E-state index in [4.69, 9.17) is 9.84 Å². The zero-order valence-corrected chi connectivity index (χ0v) is 11.6. The number of carbonyl (C=O) groups excluding carboxylic acids is 1. The highest BCUT2D eigenvalue weighted by molar-refractivity contribution is 5.80. The van der Waals surface area contributed by atoms with Crippen LogP contribution in [-0.4, -0.2) is 28.8 Å². The Morgan fingerprint density at radius 2 is 1.95 bits per heavy atom. The summed E-state index contributed by atoms with van der Waals surface area (Å²) in [5, 5.41) is 11.3.